The van der Waals surface area contributed by atoms with Gasteiger partial charge in [-0.05, 0) is 40.4 Å². The summed E-state index contributed by atoms with van der Waals surface area (Å²) in [6.45, 7) is 0. The van der Waals surface area contributed by atoms with Crippen molar-refractivity contribution in [2.75, 3.05) is 6.26 Å². The van der Waals surface area contributed by atoms with Gasteiger partial charge >= 0.3 is 0 Å². The van der Waals surface area contributed by atoms with Crippen LogP contribution < -0.4 is 4.74 Å². The van der Waals surface area contributed by atoms with Gasteiger partial charge in [0, 0.05) is 11.1 Å². The van der Waals surface area contributed by atoms with E-state index in [2.05, 4.69) is 25.9 Å². The van der Waals surface area contributed by atoms with E-state index < -0.39 is 0 Å². The Labute approximate surface area is 127 Å². The summed E-state index contributed by atoms with van der Waals surface area (Å²) in [6, 6.07) is 6.79. The largest absolute Gasteiger partial charge is 0.438 e. The van der Waals surface area contributed by atoms with E-state index in [-0.39, 0.29) is 0 Å². The number of rotatable bonds is 3. The third-order valence-corrected chi connectivity index (χ3v) is 3.54. The first kappa shape index (κ1) is 13.9. The second kappa shape index (κ2) is 6.10. The zero-order valence-electron chi connectivity index (χ0n) is 9.15. The number of ether oxygens (including phenoxy) is 1. The maximum absolute atomic E-state index is 5.88. The first-order valence-corrected chi connectivity index (χ1v) is 7.57. The fraction of sp³-hybridized carbons (Fsp3) is 0.0909. The molecule has 0 aliphatic carbocycles. The molecular formula is C11H7BrCl2N2OS. The Kier molecular flexibility index (Phi) is 4.72. The average molecular weight is 366 g/mol. The van der Waals surface area contributed by atoms with E-state index >= 15 is 0 Å². The van der Waals surface area contributed by atoms with Gasteiger partial charge < -0.3 is 4.74 Å². The Bertz CT molecular complexity index is 583. The van der Waals surface area contributed by atoms with Gasteiger partial charge in [-0.25, -0.2) is 4.98 Å². The zero-order valence-corrected chi connectivity index (χ0v) is 13.1. The highest BCUT2D eigenvalue weighted by molar-refractivity contribution is 9.10. The van der Waals surface area contributed by atoms with Crippen molar-refractivity contribution in [3.63, 3.8) is 0 Å². The number of halogens is 3. The maximum atomic E-state index is 5.88. The van der Waals surface area contributed by atoms with Crippen molar-refractivity contribution < 1.29 is 4.74 Å². The topological polar surface area (TPSA) is 35.0 Å². The van der Waals surface area contributed by atoms with Gasteiger partial charge in [0.15, 0.2) is 5.16 Å². The number of hydrogen-bond acceptors (Lipinski definition) is 4. The van der Waals surface area contributed by atoms with E-state index in [1.165, 1.54) is 11.8 Å². The number of nitrogens with zero attached hydrogens (tertiary/aromatic N) is 2. The molecule has 0 radical (unpaired) electrons. The number of thioether (sulfide) groups is 1. The van der Waals surface area contributed by atoms with E-state index in [1.54, 1.807) is 24.3 Å². The van der Waals surface area contributed by atoms with Crippen molar-refractivity contribution >= 4 is 50.9 Å². The summed E-state index contributed by atoms with van der Waals surface area (Å²) in [4.78, 5) is 8.24. The van der Waals surface area contributed by atoms with Crippen molar-refractivity contribution in [3.8, 4) is 11.6 Å². The number of aromatic nitrogens is 2. The molecule has 7 heteroatoms. The van der Waals surface area contributed by atoms with Crippen LogP contribution in [0.25, 0.3) is 0 Å². The minimum Gasteiger partial charge on any atom is -0.438 e. The summed E-state index contributed by atoms with van der Waals surface area (Å²) in [5.41, 5.74) is 0. The first-order chi connectivity index (χ1) is 8.58. The summed E-state index contributed by atoms with van der Waals surface area (Å²) < 4.78 is 6.38. The van der Waals surface area contributed by atoms with Crippen LogP contribution >= 0.6 is 50.9 Å². The molecule has 0 amide bonds. The molecule has 0 aliphatic heterocycles. The normalized spacial score (nSPS) is 10.4. The van der Waals surface area contributed by atoms with Gasteiger partial charge in [0.1, 0.15) is 10.9 Å². The lowest BCUT2D eigenvalue weighted by molar-refractivity contribution is 0.453. The molecule has 1 aromatic heterocycles. The Morgan fingerprint density at radius 2 is 2.00 bits per heavy atom. The van der Waals surface area contributed by atoms with Crippen LogP contribution in [0.3, 0.4) is 0 Å². The van der Waals surface area contributed by atoms with Crippen LogP contribution in [0.2, 0.25) is 10.2 Å². The lowest BCUT2D eigenvalue weighted by Gasteiger charge is -2.08. The Morgan fingerprint density at radius 3 is 2.67 bits per heavy atom. The lowest BCUT2D eigenvalue weighted by atomic mass is 10.3. The fourth-order valence-corrected chi connectivity index (χ4v) is 2.55. The predicted octanol–water partition coefficient (Wildman–Crippen LogP) is 5.06. The summed E-state index contributed by atoms with van der Waals surface area (Å²) in [5.74, 6) is 1.00. The summed E-state index contributed by atoms with van der Waals surface area (Å²) in [5, 5.41) is 1.52. The van der Waals surface area contributed by atoms with E-state index in [1.807, 2.05) is 6.26 Å². The van der Waals surface area contributed by atoms with E-state index in [9.17, 15) is 0 Å². The highest BCUT2D eigenvalue weighted by Gasteiger charge is 2.07. The SMILES string of the molecule is CSc1nc(Cl)cc(Oc2ccc(Cl)cc2Br)n1. The molecule has 94 valence electrons. The Hall–Kier alpha value is -0.490. The second-order valence-electron chi connectivity index (χ2n) is 3.19. The lowest BCUT2D eigenvalue weighted by Crippen LogP contribution is -1.93. The van der Waals surface area contributed by atoms with Crippen LogP contribution in [0.4, 0.5) is 0 Å². The molecule has 2 aromatic rings. The highest BCUT2D eigenvalue weighted by atomic mass is 79.9. The minimum absolute atomic E-state index is 0.342. The van der Waals surface area contributed by atoms with E-state index in [4.69, 9.17) is 27.9 Å². The number of hydrogen-bond donors (Lipinski definition) is 0. The Balaban J connectivity index is 2.30. The third kappa shape index (κ3) is 3.51. The average Bonchev–Trinajstić information content (AvgIpc) is 2.32. The molecule has 3 nitrogen and oxygen atoms in total. The van der Waals surface area contributed by atoms with Gasteiger partial charge in [0.2, 0.25) is 5.88 Å². The van der Waals surface area contributed by atoms with Gasteiger partial charge in [0.25, 0.3) is 0 Å². The van der Waals surface area contributed by atoms with Gasteiger partial charge in [-0.1, -0.05) is 35.0 Å². The molecule has 0 saturated heterocycles. The van der Waals surface area contributed by atoms with Gasteiger partial charge in [-0.3, -0.25) is 0 Å². The van der Waals surface area contributed by atoms with Gasteiger partial charge in [-0.2, -0.15) is 4.98 Å². The Morgan fingerprint density at radius 1 is 1.22 bits per heavy atom. The molecule has 0 atom stereocenters. The van der Waals surface area contributed by atoms with Crippen LogP contribution in [0, 0.1) is 0 Å². The molecule has 0 spiro atoms. The summed E-state index contributed by atoms with van der Waals surface area (Å²) in [6.07, 6.45) is 1.87. The number of benzene rings is 1. The van der Waals surface area contributed by atoms with Crippen molar-refractivity contribution in [1.29, 1.82) is 0 Å². The molecule has 0 N–H and O–H groups in total. The molecule has 0 saturated carbocycles. The molecular weight excluding hydrogens is 359 g/mol. The highest BCUT2D eigenvalue weighted by Crippen LogP contribution is 2.32. The predicted molar refractivity (Wildman–Crippen MR) is 78.0 cm³/mol. The van der Waals surface area contributed by atoms with Crippen molar-refractivity contribution in [2.45, 2.75) is 5.16 Å². The smallest absolute Gasteiger partial charge is 0.224 e. The van der Waals surface area contributed by atoms with Crippen LogP contribution in [0.5, 0.6) is 11.6 Å². The first-order valence-electron chi connectivity index (χ1n) is 4.80. The zero-order chi connectivity index (χ0) is 13.1. The molecule has 0 fully saturated rings. The van der Waals surface area contributed by atoms with Crippen LogP contribution in [-0.2, 0) is 0 Å². The standard InChI is InChI=1S/C11H7BrCl2N2OS/c1-18-11-15-9(14)5-10(16-11)17-8-3-2-6(13)4-7(8)12/h2-5H,1H3. The summed E-state index contributed by atoms with van der Waals surface area (Å²) in [7, 11) is 0. The second-order valence-corrected chi connectivity index (χ2v) is 5.64. The molecule has 0 aliphatic rings. The van der Waals surface area contributed by atoms with E-state index in [0.717, 1.165) is 4.47 Å². The van der Waals surface area contributed by atoms with Crippen molar-refractivity contribution in [2.24, 2.45) is 0 Å². The van der Waals surface area contributed by atoms with E-state index in [0.29, 0.717) is 27.0 Å². The van der Waals surface area contributed by atoms with Crippen molar-refractivity contribution in [3.05, 3.63) is 38.9 Å². The molecule has 0 unspecified atom stereocenters. The quantitative estimate of drug-likeness (QED) is 0.432. The van der Waals surface area contributed by atoms with Gasteiger partial charge in [-0.15, -0.1) is 0 Å². The fourth-order valence-electron chi connectivity index (χ4n) is 1.19. The minimum atomic E-state index is 0.342. The molecule has 18 heavy (non-hydrogen) atoms. The van der Waals surface area contributed by atoms with Gasteiger partial charge in [0.05, 0.1) is 4.47 Å². The monoisotopic (exact) mass is 364 g/mol. The van der Waals surface area contributed by atoms with Crippen LogP contribution in [0.1, 0.15) is 0 Å². The molecule has 1 heterocycles. The van der Waals surface area contributed by atoms with Crippen LogP contribution in [0.15, 0.2) is 33.9 Å². The molecule has 2 rings (SSSR count). The maximum Gasteiger partial charge on any atom is 0.224 e. The summed E-state index contributed by atoms with van der Waals surface area (Å²) >= 11 is 16.5. The van der Waals surface area contributed by atoms with Crippen molar-refractivity contribution in [1.82, 2.24) is 9.97 Å². The molecule has 0 bridgehead atoms. The van der Waals surface area contributed by atoms with Crippen LogP contribution in [-0.4, -0.2) is 16.2 Å². The molecule has 1 aromatic carbocycles. The third-order valence-electron chi connectivity index (χ3n) is 1.94.